The summed E-state index contributed by atoms with van der Waals surface area (Å²) >= 11 is 0. The molecule has 2 aromatic carbocycles. The summed E-state index contributed by atoms with van der Waals surface area (Å²) in [5.74, 6) is -1.31. The maximum absolute atomic E-state index is 14.1. The molecule has 2 atom stereocenters. The summed E-state index contributed by atoms with van der Waals surface area (Å²) in [6.45, 7) is 0.540. The summed E-state index contributed by atoms with van der Waals surface area (Å²) in [5, 5.41) is 3.29. The van der Waals surface area contributed by atoms with E-state index in [1.165, 1.54) is 24.3 Å². The number of hydrogen-bond acceptors (Lipinski definition) is 3. The Kier molecular flexibility index (Phi) is 5.59. The van der Waals surface area contributed by atoms with Crippen LogP contribution in [-0.2, 0) is 24.2 Å². The zero-order valence-electron chi connectivity index (χ0n) is 16.1. The summed E-state index contributed by atoms with van der Waals surface area (Å²) < 4.78 is 42.3. The molecule has 1 aromatic heterocycles. The van der Waals surface area contributed by atoms with Gasteiger partial charge in [-0.3, -0.25) is 4.79 Å². The molecular formula is C22H21F3N4O. The van der Waals surface area contributed by atoms with E-state index in [4.69, 9.17) is 5.73 Å². The molecule has 0 radical (unpaired) electrons. The van der Waals surface area contributed by atoms with Crippen LogP contribution in [0.3, 0.4) is 0 Å². The van der Waals surface area contributed by atoms with Crippen molar-refractivity contribution in [2.45, 2.75) is 37.9 Å². The van der Waals surface area contributed by atoms with Crippen LogP contribution in [-0.4, -0.2) is 27.5 Å². The number of benzene rings is 2. The number of carbonyl (C=O) groups is 1. The predicted octanol–water partition coefficient (Wildman–Crippen LogP) is 2.97. The van der Waals surface area contributed by atoms with Gasteiger partial charge in [-0.15, -0.1) is 0 Å². The first-order chi connectivity index (χ1) is 14.4. The Morgan fingerprint density at radius 3 is 2.60 bits per heavy atom. The third-order valence-corrected chi connectivity index (χ3v) is 5.33. The van der Waals surface area contributed by atoms with Gasteiger partial charge in [-0.05, 0) is 42.7 Å². The zero-order valence-corrected chi connectivity index (χ0v) is 16.1. The van der Waals surface area contributed by atoms with E-state index in [2.05, 4.69) is 10.3 Å². The molecule has 0 aliphatic carbocycles. The van der Waals surface area contributed by atoms with Gasteiger partial charge in [0.15, 0.2) is 0 Å². The largest absolute Gasteiger partial charge is 0.368 e. The molecule has 0 saturated carbocycles. The van der Waals surface area contributed by atoms with Gasteiger partial charge in [0.05, 0.1) is 11.7 Å². The van der Waals surface area contributed by atoms with E-state index in [-0.39, 0.29) is 17.4 Å². The molecular weight excluding hydrogens is 393 g/mol. The van der Waals surface area contributed by atoms with Crippen molar-refractivity contribution in [2.24, 2.45) is 5.73 Å². The van der Waals surface area contributed by atoms with Crippen molar-refractivity contribution in [1.82, 2.24) is 14.9 Å². The lowest BCUT2D eigenvalue weighted by atomic mass is 10.0. The number of nitrogens with zero attached hydrogens (tertiary/aromatic N) is 2. The van der Waals surface area contributed by atoms with Crippen molar-refractivity contribution in [1.29, 1.82) is 0 Å². The van der Waals surface area contributed by atoms with Gasteiger partial charge in [-0.25, -0.2) is 18.2 Å². The molecule has 0 spiro atoms. The molecule has 2 unspecified atom stereocenters. The molecule has 1 aliphatic rings. The van der Waals surface area contributed by atoms with E-state index in [1.807, 2.05) is 4.57 Å². The van der Waals surface area contributed by atoms with E-state index in [0.29, 0.717) is 25.1 Å². The predicted molar refractivity (Wildman–Crippen MR) is 106 cm³/mol. The fourth-order valence-electron chi connectivity index (χ4n) is 3.79. The van der Waals surface area contributed by atoms with Crippen LogP contribution >= 0.6 is 0 Å². The van der Waals surface area contributed by atoms with Crippen LogP contribution in [0.5, 0.6) is 0 Å². The number of aromatic nitrogens is 2. The SMILES string of the molecule is NC(=O)C(Cc1ccc(F)cc1)NC1CCc2nc(-c3ccc(F)cc3F)cn2C1. The Bertz CT molecular complexity index is 1060. The molecule has 3 N–H and O–H groups in total. The molecule has 4 rings (SSSR count). The fourth-order valence-corrected chi connectivity index (χ4v) is 3.79. The quantitative estimate of drug-likeness (QED) is 0.651. The Balaban J connectivity index is 1.47. The summed E-state index contributed by atoms with van der Waals surface area (Å²) in [6.07, 6.45) is 3.46. The third kappa shape index (κ3) is 4.38. The summed E-state index contributed by atoms with van der Waals surface area (Å²) in [5.41, 5.74) is 7.06. The third-order valence-electron chi connectivity index (χ3n) is 5.33. The maximum Gasteiger partial charge on any atom is 0.234 e. The first-order valence-electron chi connectivity index (χ1n) is 9.70. The molecule has 1 amide bonds. The molecule has 0 bridgehead atoms. The van der Waals surface area contributed by atoms with Gasteiger partial charge < -0.3 is 15.6 Å². The number of amides is 1. The van der Waals surface area contributed by atoms with Crippen LogP contribution in [0.1, 0.15) is 17.8 Å². The summed E-state index contributed by atoms with van der Waals surface area (Å²) in [7, 11) is 0. The van der Waals surface area contributed by atoms with Crippen LogP contribution < -0.4 is 11.1 Å². The van der Waals surface area contributed by atoms with Gasteiger partial charge in [-0.2, -0.15) is 0 Å². The molecule has 0 fully saturated rings. The molecule has 30 heavy (non-hydrogen) atoms. The Morgan fingerprint density at radius 2 is 1.90 bits per heavy atom. The Labute approximate surface area is 171 Å². The minimum Gasteiger partial charge on any atom is -0.368 e. The van der Waals surface area contributed by atoms with Crippen LogP contribution in [0.25, 0.3) is 11.3 Å². The van der Waals surface area contributed by atoms with Crippen LogP contribution in [0.15, 0.2) is 48.7 Å². The number of aryl methyl sites for hydroxylation is 1. The lowest BCUT2D eigenvalue weighted by Crippen LogP contribution is -2.50. The number of halogens is 3. The Hall–Kier alpha value is -3.13. The van der Waals surface area contributed by atoms with Crippen molar-refractivity contribution < 1.29 is 18.0 Å². The second-order valence-corrected chi connectivity index (χ2v) is 7.51. The first-order valence-corrected chi connectivity index (χ1v) is 9.70. The average molecular weight is 414 g/mol. The second-order valence-electron chi connectivity index (χ2n) is 7.51. The summed E-state index contributed by atoms with van der Waals surface area (Å²) in [4.78, 5) is 16.4. The number of imidazole rings is 1. The lowest BCUT2D eigenvalue weighted by molar-refractivity contribution is -0.120. The molecule has 8 heteroatoms. The topological polar surface area (TPSA) is 72.9 Å². The average Bonchev–Trinajstić information content (AvgIpc) is 3.12. The summed E-state index contributed by atoms with van der Waals surface area (Å²) in [6, 6.07) is 8.75. The number of fused-ring (bicyclic) bond motifs is 1. The van der Waals surface area contributed by atoms with Crippen molar-refractivity contribution >= 4 is 5.91 Å². The highest BCUT2D eigenvalue weighted by Gasteiger charge is 2.26. The zero-order chi connectivity index (χ0) is 21.3. The van der Waals surface area contributed by atoms with Gasteiger partial charge in [0.1, 0.15) is 23.3 Å². The smallest absolute Gasteiger partial charge is 0.234 e. The Morgan fingerprint density at radius 1 is 1.17 bits per heavy atom. The number of nitrogens with two attached hydrogens (primary N) is 1. The second kappa shape index (κ2) is 8.31. The maximum atomic E-state index is 14.1. The highest BCUT2D eigenvalue weighted by Crippen LogP contribution is 2.25. The van der Waals surface area contributed by atoms with Crippen LogP contribution in [0.2, 0.25) is 0 Å². The first kappa shape index (κ1) is 20.2. The van der Waals surface area contributed by atoms with Crippen molar-refractivity contribution in [3.05, 3.63) is 77.5 Å². The monoisotopic (exact) mass is 414 g/mol. The van der Waals surface area contributed by atoms with Crippen molar-refractivity contribution in [2.75, 3.05) is 0 Å². The van der Waals surface area contributed by atoms with Gasteiger partial charge >= 0.3 is 0 Å². The van der Waals surface area contributed by atoms with Gasteiger partial charge in [0.25, 0.3) is 0 Å². The van der Waals surface area contributed by atoms with Gasteiger partial charge in [0, 0.05) is 36.8 Å². The van der Waals surface area contributed by atoms with Crippen LogP contribution in [0.4, 0.5) is 13.2 Å². The van der Waals surface area contributed by atoms with E-state index in [9.17, 15) is 18.0 Å². The van der Waals surface area contributed by atoms with E-state index < -0.39 is 23.6 Å². The molecule has 0 saturated heterocycles. The number of nitrogens with one attached hydrogen (secondary N) is 1. The molecule has 5 nitrogen and oxygen atoms in total. The molecule has 156 valence electrons. The fraction of sp³-hybridized carbons (Fsp3) is 0.273. The standard InChI is InChI=1S/C22H21F3N4O/c23-14-3-1-13(2-4-14)9-19(22(26)30)27-16-6-8-21-28-20(12-29(21)11-16)17-7-5-15(24)10-18(17)25/h1-5,7,10,12,16,19,27H,6,8-9,11H2,(H2,26,30). The van der Waals surface area contributed by atoms with E-state index in [1.54, 1.807) is 18.3 Å². The minimum atomic E-state index is -0.659. The molecule has 1 aliphatic heterocycles. The number of carbonyl (C=O) groups excluding carboxylic acids is 1. The van der Waals surface area contributed by atoms with E-state index >= 15 is 0 Å². The van der Waals surface area contributed by atoms with Crippen molar-refractivity contribution in [3.63, 3.8) is 0 Å². The number of primary amides is 1. The van der Waals surface area contributed by atoms with E-state index in [0.717, 1.165) is 23.9 Å². The van der Waals surface area contributed by atoms with Gasteiger partial charge in [-0.1, -0.05) is 12.1 Å². The number of rotatable bonds is 6. The van der Waals surface area contributed by atoms with Gasteiger partial charge in [0.2, 0.25) is 5.91 Å². The lowest BCUT2D eigenvalue weighted by Gasteiger charge is -2.28. The normalized spacial score (nSPS) is 16.8. The number of hydrogen-bond donors (Lipinski definition) is 2. The molecule has 3 aromatic rings. The molecule has 2 heterocycles. The minimum absolute atomic E-state index is 0.0319. The highest BCUT2D eigenvalue weighted by atomic mass is 19.1. The van der Waals surface area contributed by atoms with Crippen LogP contribution in [0, 0.1) is 17.5 Å². The van der Waals surface area contributed by atoms with Crippen molar-refractivity contribution in [3.8, 4) is 11.3 Å². The highest BCUT2D eigenvalue weighted by molar-refractivity contribution is 5.80.